The molecule has 0 unspecified atom stereocenters. The summed E-state index contributed by atoms with van der Waals surface area (Å²) in [5.74, 6) is 0. The van der Waals surface area contributed by atoms with E-state index in [0.29, 0.717) is 6.54 Å². The van der Waals surface area contributed by atoms with E-state index in [0.717, 1.165) is 13.1 Å². The van der Waals surface area contributed by atoms with Gasteiger partial charge in [-0.3, -0.25) is 0 Å². The molecule has 1 heterocycles. The first kappa shape index (κ1) is 14.4. The number of anilines is 1. The Morgan fingerprint density at radius 1 is 1.16 bits per heavy atom. The van der Waals surface area contributed by atoms with E-state index in [2.05, 4.69) is 41.0 Å². The second-order valence-corrected chi connectivity index (χ2v) is 5.35. The highest BCUT2D eigenvalue weighted by molar-refractivity contribution is 5.47. The van der Waals surface area contributed by atoms with Crippen LogP contribution in [0.15, 0.2) is 24.3 Å². The Balaban J connectivity index is 1.80. The lowest BCUT2D eigenvalue weighted by molar-refractivity contribution is 0.334. The molecule has 1 aromatic rings. The molecule has 3 heteroatoms. The summed E-state index contributed by atoms with van der Waals surface area (Å²) in [7, 11) is 0. The maximum absolute atomic E-state index is 5.64. The summed E-state index contributed by atoms with van der Waals surface area (Å²) in [6.07, 6.45) is 4.03. The molecular weight excluding hydrogens is 234 g/mol. The van der Waals surface area contributed by atoms with Crippen LogP contribution in [-0.2, 0) is 6.54 Å². The fourth-order valence-electron chi connectivity index (χ4n) is 2.80. The second kappa shape index (κ2) is 7.51. The van der Waals surface area contributed by atoms with Crippen molar-refractivity contribution in [2.45, 2.75) is 32.7 Å². The van der Waals surface area contributed by atoms with Gasteiger partial charge in [0.1, 0.15) is 0 Å². The topological polar surface area (TPSA) is 32.5 Å². The first-order valence-corrected chi connectivity index (χ1v) is 7.60. The van der Waals surface area contributed by atoms with Gasteiger partial charge in [0.15, 0.2) is 0 Å². The Bertz CT molecular complexity index is 355. The van der Waals surface area contributed by atoms with Gasteiger partial charge in [-0.05, 0) is 63.5 Å². The Labute approximate surface area is 117 Å². The normalized spacial score (nSPS) is 15.9. The zero-order chi connectivity index (χ0) is 13.5. The molecule has 1 aliphatic rings. The summed E-state index contributed by atoms with van der Waals surface area (Å²) in [5, 5.41) is 0. The third-order valence-corrected chi connectivity index (χ3v) is 4.02. The van der Waals surface area contributed by atoms with Crippen molar-refractivity contribution < 1.29 is 0 Å². The number of hydrogen-bond acceptors (Lipinski definition) is 3. The average Bonchev–Trinajstić information content (AvgIpc) is 2.97. The molecular formula is C16H27N3. The lowest BCUT2D eigenvalue weighted by atomic mass is 10.2. The maximum Gasteiger partial charge on any atom is 0.0366 e. The fraction of sp³-hybridized carbons (Fsp3) is 0.625. The number of nitrogens with two attached hydrogens (primary N) is 1. The molecule has 0 aromatic heterocycles. The van der Waals surface area contributed by atoms with Gasteiger partial charge in [-0.1, -0.05) is 12.1 Å². The third kappa shape index (κ3) is 4.22. The van der Waals surface area contributed by atoms with Crippen LogP contribution in [0.4, 0.5) is 5.69 Å². The maximum atomic E-state index is 5.64. The Morgan fingerprint density at radius 2 is 1.84 bits per heavy atom. The molecule has 1 aromatic carbocycles. The molecule has 106 valence electrons. The molecule has 0 aliphatic carbocycles. The van der Waals surface area contributed by atoms with Gasteiger partial charge in [-0.15, -0.1) is 0 Å². The molecule has 1 saturated heterocycles. The van der Waals surface area contributed by atoms with Crippen molar-refractivity contribution in [3.05, 3.63) is 29.8 Å². The average molecular weight is 261 g/mol. The summed E-state index contributed by atoms with van der Waals surface area (Å²) < 4.78 is 0. The van der Waals surface area contributed by atoms with Crippen LogP contribution in [0.25, 0.3) is 0 Å². The number of rotatable bonds is 7. The van der Waals surface area contributed by atoms with Crippen LogP contribution in [0.1, 0.15) is 31.7 Å². The molecule has 3 nitrogen and oxygen atoms in total. The molecule has 19 heavy (non-hydrogen) atoms. The van der Waals surface area contributed by atoms with Gasteiger partial charge < -0.3 is 15.5 Å². The van der Waals surface area contributed by atoms with E-state index < -0.39 is 0 Å². The van der Waals surface area contributed by atoms with Gasteiger partial charge in [-0.25, -0.2) is 0 Å². The van der Waals surface area contributed by atoms with Crippen molar-refractivity contribution in [3.8, 4) is 0 Å². The molecule has 1 aliphatic heterocycles. The predicted octanol–water partition coefficient (Wildman–Crippen LogP) is 2.46. The lowest BCUT2D eigenvalue weighted by Crippen LogP contribution is -2.28. The molecule has 0 atom stereocenters. The third-order valence-electron chi connectivity index (χ3n) is 4.02. The monoisotopic (exact) mass is 261 g/mol. The van der Waals surface area contributed by atoms with Crippen LogP contribution in [0.5, 0.6) is 0 Å². The van der Waals surface area contributed by atoms with Crippen molar-refractivity contribution in [3.63, 3.8) is 0 Å². The Kier molecular flexibility index (Phi) is 5.67. The molecule has 1 fully saturated rings. The highest BCUT2D eigenvalue weighted by atomic mass is 15.2. The van der Waals surface area contributed by atoms with Crippen LogP contribution in [0.3, 0.4) is 0 Å². The van der Waals surface area contributed by atoms with Crippen molar-refractivity contribution in [2.75, 3.05) is 37.6 Å². The van der Waals surface area contributed by atoms with Gasteiger partial charge in [0.25, 0.3) is 0 Å². The minimum atomic E-state index is 0.626. The zero-order valence-corrected chi connectivity index (χ0v) is 12.1. The van der Waals surface area contributed by atoms with E-state index in [9.17, 15) is 0 Å². The van der Waals surface area contributed by atoms with E-state index >= 15 is 0 Å². The summed E-state index contributed by atoms with van der Waals surface area (Å²) in [6.45, 7) is 8.93. The van der Waals surface area contributed by atoms with Crippen molar-refractivity contribution in [1.82, 2.24) is 4.90 Å². The van der Waals surface area contributed by atoms with Crippen molar-refractivity contribution in [1.29, 1.82) is 0 Å². The van der Waals surface area contributed by atoms with Crippen LogP contribution < -0.4 is 10.6 Å². The van der Waals surface area contributed by atoms with Gasteiger partial charge in [-0.2, -0.15) is 0 Å². The quantitative estimate of drug-likeness (QED) is 0.818. The van der Waals surface area contributed by atoms with Gasteiger partial charge in [0, 0.05) is 25.3 Å². The predicted molar refractivity (Wildman–Crippen MR) is 82.5 cm³/mol. The highest BCUT2D eigenvalue weighted by Crippen LogP contribution is 2.16. The number of nitrogens with zero attached hydrogens (tertiary/aromatic N) is 2. The van der Waals surface area contributed by atoms with E-state index in [-0.39, 0.29) is 0 Å². The van der Waals surface area contributed by atoms with Crippen molar-refractivity contribution in [2.24, 2.45) is 5.73 Å². The van der Waals surface area contributed by atoms with E-state index in [1.54, 1.807) is 0 Å². The van der Waals surface area contributed by atoms with Crippen LogP contribution >= 0.6 is 0 Å². The van der Waals surface area contributed by atoms with E-state index in [1.165, 1.54) is 50.1 Å². The highest BCUT2D eigenvalue weighted by Gasteiger charge is 2.11. The Hall–Kier alpha value is -1.06. The minimum absolute atomic E-state index is 0.626. The standard InChI is InChI=1S/C16H27N3/c1-2-19(13-5-12-18-10-3-4-11-18)16-8-6-15(14-17)7-9-16/h6-9H,2-5,10-14,17H2,1H3. The van der Waals surface area contributed by atoms with Crippen molar-refractivity contribution >= 4 is 5.69 Å². The summed E-state index contributed by atoms with van der Waals surface area (Å²) in [5.41, 5.74) is 8.17. The fourth-order valence-corrected chi connectivity index (χ4v) is 2.80. The van der Waals surface area contributed by atoms with Gasteiger partial charge in [0.05, 0.1) is 0 Å². The van der Waals surface area contributed by atoms with Crippen LogP contribution in [0.2, 0.25) is 0 Å². The molecule has 0 spiro atoms. The summed E-state index contributed by atoms with van der Waals surface area (Å²) in [4.78, 5) is 5.04. The Morgan fingerprint density at radius 3 is 2.42 bits per heavy atom. The number of likely N-dealkylation sites (tertiary alicyclic amines) is 1. The van der Waals surface area contributed by atoms with E-state index in [4.69, 9.17) is 5.73 Å². The molecule has 0 amide bonds. The van der Waals surface area contributed by atoms with Crippen LogP contribution in [0, 0.1) is 0 Å². The molecule has 2 rings (SSSR count). The SMILES string of the molecule is CCN(CCCN1CCCC1)c1ccc(CN)cc1. The first-order chi connectivity index (χ1) is 9.33. The largest absolute Gasteiger partial charge is 0.372 e. The van der Waals surface area contributed by atoms with Gasteiger partial charge >= 0.3 is 0 Å². The zero-order valence-electron chi connectivity index (χ0n) is 12.1. The lowest BCUT2D eigenvalue weighted by Gasteiger charge is -2.24. The first-order valence-electron chi connectivity index (χ1n) is 7.60. The molecule has 0 radical (unpaired) electrons. The minimum Gasteiger partial charge on any atom is -0.372 e. The second-order valence-electron chi connectivity index (χ2n) is 5.35. The van der Waals surface area contributed by atoms with Gasteiger partial charge in [0.2, 0.25) is 0 Å². The number of hydrogen-bond donors (Lipinski definition) is 1. The summed E-state index contributed by atoms with van der Waals surface area (Å²) >= 11 is 0. The molecule has 0 bridgehead atoms. The van der Waals surface area contributed by atoms with Crippen LogP contribution in [-0.4, -0.2) is 37.6 Å². The molecule has 0 saturated carbocycles. The summed E-state index contributed by atoms with van der Waals surface area (Å²) in [6, 6.07) is 8.67. The smallest absolute Gasteiger partial charge is 0.0366 e. The number of benzene rings is 1. The molecule has 2 N–H and O–H groups in total. The van der Waals surface area contributed by atoms with E-state index in [1.807, 2.05) is 0 Å².